The summed E-state index contributed by atoms with van der Waals surface area (Å²) in [5.74, 6) is 1.04. The zero-order chi connectivity index (χ0) is 4.12. The minimum Gasteiger partial charge on any atom is -0.386 e. The minimum absolute atomic E-state index is 1.04. The fraction of sp³-hybridized carbons (Fsp3) is 1.00. The maximum absolute atomic E-state index is 4.61. The molecule has 0 radical (unpaired) electrons. The van der Waals surface area contributed by atoms with Crippen molar-refractivity contribution in [3.8, 4) is 0 Å². The third-order valence-electron chi connectivity index (χ3n) is 0.236. The summed E-state index contributed by atoms with van der Waals surface area (Å²) >= 11 is 1.46. The second-order valence-corrected chi connectivity index (χ2v) is 1.72. The molecule has 0 aromatic carbocycles. The average Bonchev–Trinajstić information content (AvgIpc) is 1.41. The highest BCUT2D eigenvalue weighted by Crippen LogP contribution is 1.93. The van der Waals surface area contributed by atoms with E-state index in [1.165, 1.54) is 12.0 Å². The molecule has 1 nitrogen and oxygen atoms in total. The van der Waals surface area contributed by atoms with Crippen LogP contribution < -0.4 is 0 Å². The van der Waals surface area contributed by atoms with Gasteiger partial charge >= 0.3 is 0 Å². The van der Waals surface area contributed by atoms with E-state index in [1.807, 2.05) is 6.92 Å². The fourth-order valence-electron chi connectivity index (χ4n) is 0.118. The highest BCUT2D eigenvalue weighted by atomic mass is 32.2. The predicted octanol–water partition coefficient (Wildman–Crippen LogP) is 0.219. The van der Waals surface area contributed by atoms with E-state index in [0.29, 0.717) is 0 Å². The van der Waals surface area contributed by atoms with Crippen LogP contribution in [-0.4, -0.2) is 13.8 Å². The molecule has 0 saturated heterocycles. The highest BCUT2D eigenvalue weighted by Gasteiger charge is 1.67. The molecule has 0 heterocycles. The zero-order valence-electron chi connectivity index (χ0n) is 3.52. The van der Waals surface area contributed by atoms with Crippen molar-refractivity contribution in [2.24, 2.45) is 0 Å². The van der Waals surface area contributed by atoms with Crippen LogP contribution in [-0.2, 0) is 4.10 Å². The second kappa shape index (κ2) is 4.37. The van der Waals surface area contributed by atoms with E-state index < -0.39 is 0 Å². The maximum atomic E-state index is 4.61. The summed E-state index contributed by atoms with van der Waals surface area (Å²) in [6, 6.07) is 0. The largest absolute Gasteiger partial charge is 0.386 e. The van der Waals surface area contributed by atoms with Crippen molar-refractivity contribution in [1.82, 2.24) is 0 Å². The van der Waals surface area contributed by atoms with E-state index in [-0.39, 0.29) is 0 Å². The van der Waals surface area contributed by atoms with Gasteiger partial charge in [-0.25, -0.2) is 0 Å². The van der Waals surface area contributed by atoms with E-state index >= 15 is 0 Å². The van der Waals surface area contributed by atoms with Gasteiger partial charge in [0.05, 0.1) is 0 Å². The number of hydrogen-bond acceptors (Lipinski definition) is 2. The van der Waals surface area contributed by atoms with Crippen LogP contribution in [0, 0.1) is 0 Å². The SMILES string of the molecule is BOSCC. The van der Waals surface area contributed by atoms with Gasteiger partial charge in [-0.15, -0.1) is 0 Å². The van der Waals surface area contributed by atoms with Crippen molar-refractivity contribution in [3.63, 3.8) is 0 Å². The Morgan fingerprint density at radius 3 is 2.60 bits per heavy atom. The topological polar surface area (TPSA) is 9.23 Å². The lowest BCUT2D eigenvalue weighted by molar-refractivity contribution is 0.725. The molecule has 0 N–H and O–H groups in total. The number of rotatable bonds is 2. The summed E-state index contributed by atoms with van der Waals surface area (Å²) < 4.78 is 4.61. The Balaban J connectivity index is 2.19. The lowest BCUT2D eigenvalue weighted by Gasteiger charge is -1.83. The Labute approximate surface area is 37.7 Å². The van der Waals surface area contributed by atoms with Crippen LogP contribution in [0.1, 0.15) is 6.92 Å². The fourth-order valence-corrected chi connectivity index (χ4v) is 0.354. The highest BCUT2D eigenvalue weighted by molar-refractivity contribution is 7.95. The maximum Gasteiger partial charge on any atom is 0.277 e. The first-order valence-electron chi connectivity index (χ1n) is 1.57. The van der Waals surface area contributed by atoms with Gasteiger partial charge in [0.1, 0.15) is 0 Å². The second-order valence-electron chi connectivity index (χ2n) is 0.573. The quantitative estimate of drug-likeness (QED) is 0.354. The van der Waals surface area contributed by atoms with Crippen molar-refractivity contribution in [2.45, 2.75) is 6.92 Å². The molecule has 0 aliphatic rings. The van der Waals surface area contributed by atoms with Crippen LogP contribution in [0.4, 0.5) is 0 Å². The first-order chi connectivity index (χ1) is 2.41. The molecule has 3 heteroatoms. The Bertz CT molecular complexity index is 17.1. The van der Waals surface area contributed by atoms with Gasteiger partial charge < -0.3 is 4.10 Å². The summed E-state index contributed by atoms with van der Waals surface area (Å²) in [4.78, 5) is 0. The van der Waals surface area contributed by atoms with E-state index in [2.05, 4.69) is 4.10 Å². The van der Waals surface area contributed by atoms with Gasteiger partial charge in [0, 0.05) is 5.75 Å². The lowest BCUT2D eigenvalue weighted by Crippen LogP contribution is -1.67. The van der Waals surface area contributed by atoms with E-state index in [1.54, 1.807) is 8.05 Å². The molecular formula is C2H7BOS. The standard InChI is InChI=1S/C2H7BOS/c1-2-5-4-3/h2-3H2,1H3. The summed E-state index contributed by atoms with van der Waals surface area (Å²) in [5, 5.41) is 0. The molecule has 5 heavy (non-hydrogen) atoms. The lowest BCUT2D eigenvalue weighted by atomic mass is 10.6. The molecule has 0 aliphatic heterocycles. The monoisotopic (exact) mass is 90.0 g/mol. The van der Waals surface area contributed by atoms with Gasteiger partial charge in [-0.05, 0) is 12.0 Å². The molecule has 0 fully saturated rings. The molecular weight excluding hydrogens is 82.9 g/mol. The molecule has 0 bridgehead atoms. The van der Waals surface area contributed by atoms with Gasteiger partial charge in [0.2, 0.25) is 0 Å². The van der Waals surface area contributed by atoms with Crippen LogP contribution in [0.25, 0.3) is 0 Å². The Morgan fingerprint density at radius 2 is 2.60 bits per heavy atom. The molecule has 0 aliphatic carbocycles. The molecule has 0 spiro atoms. The summed E-state index contributed by atoms with van der Waals surface area (Å²) in [5.41, 5.74) is 0. The molecule has 0 aromatic rings. The molecule has 0 rings (SSSR count). The van der Waals surface area contributed by atoms with E-state index in [9.17, 15) is 0 Å². The van der Waals surface area contributed by atoms with Gasteiger partial charge in [-0.2, -0.15) is 0 Å². The molecule has 0 unspecified atom stereocenters. The number of hydrogen-bond donors (Lipinski definition) is 0. The van der Waals surface area contributed by atoms with Crippen LogP contribution in [0.5, 0.6) is 0 Å². The summed E-state index contributed by atoms with van der Waals surface area (Å²) in [6.07, 6.45) is 0. The van der Waals surface area contributed by atoms with Crippen LogP contribution >= 0.6 is 12.0 Å². The van der Waals surface area contributed by atoms with E-state index in [4.69, 9.17) is 0 Å². The van der Waals surface area contributed by atoms with Crippen molar-refractivity contribution < 1.29 is 4.10 Å². The zero-order valence-corrected chi connectivity index (χ0v) is 4.34. The minimum atomic E-state index is 1.04. The molecule has 0 saturated carbocycles. The molecule has 30 valence electrons. The Kier molecular flexibility index (Phi) is 4.70. The van der Waals surface area contributed by atoms with Gasteiger partial charge in [0.15, 0.2) is 0 Å². The van der Waals surface area contributed by atoms with Crippen molar-refractivity contribution in [3.05, 3.63) is 0 Å². The predicted molar refractivity (Wildman–Crippen MR) is 27.8 cm³/mol. The third kappa shape index (κ3) is 4.37. The van der Waals surface area contributed by atoms with Gasteiger partial charge in [0.25, 0.3) is 8.05 Å². The molecule has 0 amide bonds. The summed E-state index contributed by atoms with van der Waals surface area (Å²) in [7, 11) is 1.67. The Hall–Kier alpha value is 0.375. The smallest absolute Gasteiger partial charge is 0.277 e. The van der Waals surface area contributed by atoms with Crippen molar-refractivity contribution >= 4 is 20.1 Å². The van der Waals surface area contributed by atoms with Gasteiger partial charge in [-0.3, -0.25) is 0 Å². The van der Waals surface area contributed by atoms with Crippen molar-refractivity contribution in [2.75, 3.05) is 5.75 Å². The normalized spacial score (nSPS) is 8.20. The van der Waals surface area contributed by atoms with Gasteiger partial charge in [-0.1, -0.05) is 6.92 Å². The van der Waals surface area contributed by atoms with Crippen LogP contribution in [0.3, 0.4) is 0 Å². The molecule has 0 atom stereocenters. The first-order valence-corrected chi connectivity index (χ1v) is 2.48. The molecule has 0 aromatic heterocycles. The first kappa shape index (κ1) is 5.37. The summed E-state index contributed by atoms with van der Waals surface area (Å²) in [6.45, 7) is 2.05. The average molecular weight is 90.0 g/mol. The van der Waals surface area contributed by atoms with Crippen molar-refractivity contribution in [1.29, 1.82) is 0 Å². The third-order valence-corrected chi connectivity index (χ3v) is 0.707. The van der Waals surface area contributed by atoms with Crippen LogP contribution in [0.2, 0.25) is 0 Å². The van der Waals surface area contributed by atoms with E-state index in [0.717, 1.165) is 5.75 Å². The Morgan fingerprint density at radius 1 is 2.00 bits per heavy atom. The van der Waals surface area contributed by atoms with Crippen LogP contribution in [0.15, 0.2) is 0 Å².